The molecule has 0 aliphatic carbocycles. The van der Waals surface area contributed by atoms with Gasteiger partial charge in [0.15, 0.2) is 0 Å². The fourth-order valence-electron chi connectivity index (χ4n) is 1.35. The second kappa shape index (κ2) is 9.34. The monoisotopic (exact) mass is 319 g/mol. The first kappa shape index (κ1) is 20.3. The van der Waals surface area contributed by atoms with Crippen LogP contribution in [0.2, 0.25) is 0 Å². The van der Waals surface area contributed by atoms with Crippen LogP contribution in [0.3, 0.4) is 0 Å². The van der Waals surface area contributed by atoms with Crippen LogP contribution < -0.4 is 17.2 Å². The fourth-order valence-corrected chi connectivity index (χ4v) is 1.35. The van der Waals surface area contributed by atoms with E-state index in [4.69, 9.17) is 27.0 Å². The van der Waals surface area contributed by atoms with E-state index < -0.39 is 48.7 Å². The minimum Gasteiger partial charge on any atom is -0.480 e. The van der Waals surface area contributed by atoms with Crippen LogP contribution in [0.5, 0.6) is 0 Å². The molecule has 0 aromatic carbocycles. The van der Waals surface area contributed by atoms with Gasteiger partial charge in [0.2, 0.25) is 0 Å². The lowest BCUT2D eigenvalue weighted by Crippen LogP contribution is -2.48. The molecule has 0 fully saturated rings. The quantitative estimate of drug-likeness (QED) is 0.372. The molecular weight excluding hydrogens is 294 g/mol. The number of nitrogens with two attached hydrogens (primary N) is 3. The first-order valence-electron chi connectivity index (χ1n) is 6.98. The number of esters is 2. The lowest BCUT2D eigenvalue weighted by molar-refractivity contribution is -0.158. The lowest BCUT2D eigenvalue weighted by atomic mass is 10.0. The highest BCUT2D eigenvalue weighted by atomic mass is 16.6. The molecule has 22 heavy (non-hydrogen) atoms. The predicted octanol–water partition coefficient (Wildman–Crippen LogP) is -1.43. The van der Waals surface area contributed by atoms with Gasteiger partial charge in [0.05, 0.1) is 0 Å². The predicted molar refractivity (Wildman–Crippen MR) is 77.5 cm³/mol. The largest absolute Gasteiger partial charge is 0.480 e. The summed E-state index contributed by atoms with van der Waals surface area (Å²) >= 11 is 0. The summed E-state index contributed by atoms with van der Waals surface area (Å²) < 4.78 is 9.70. The maximum absolute atomic E-state index is 11.8. The van der Waals surface area contributed by atoms with Crippen molar-refractivity contribution < 1.29 is 29.0 Å². The van der Waals surface area contributed by atoms with E-state index in [0.717, 1.165) is 0 Å². The SMILES string of the molecule is CC[C@H](C)[C@H](N)C(=O)O[C@H](C)[C@H](N)C(=O)OC[C@H](N)C(=O)O. The number of carbonyl (C=O) groups is 3. The molecule has 0 radical (unpaired) electrons. The highest BCUT2D eigenvalue weighted by Crippen LogP contribution is 2.09. The molecule has 0 aromatic heterocycles. The summed E-state index contributed by atoms with van der Waals surface area (Å²) in [7, 11) is 0. The Bertz CT molecular complexity index is 403. The number of ether oxygens (including phenoxy) is 2. The number of carbonyl (C=O) groups excluding carboxylic acids is 2. The zero-order chi connectivity index (χ0) is 17.4. The molecule has 0 rings (SSSR count). The smallest absolute Gasteiger partial charge is 0.326 e. The van der Waals surface area contributed by atoms with Gasteiger partial charge in [-0.1, -0.05) is 20.3 Å². The third-order valence-corrected chi connectivity index (χ3v) is 3.33. The van der Waals surface area contributed by atoms with Crippen molar-refractivity contribution in [3.63, 3.8) is 0 Å². The molecule has 0 aromatic rings. The van der Waals surface area contributed by atoms with Crippen LogP contribution in [0.4, 0.5) is 0 Å². The van der Waals surface area contributed by atoms with Crippen molar-refractivity contribution in [2.45, 2.75) is 51.4 Å². The third kappa shape index (κ3) is 6.37. The molecule has 0 aliphatic heterocycles. The van der Waals surface area contributed by atoms with E-state index in [1.165, 1.54) is 6.92 Å². The normalized spacial score (nSPS) is 17.7. The molecule has 0 unspecified atom stereocenters. The van der Waals surface area contributed by atoms with E-state index in [1.54, 1.807) is 6.92 Å². The average molecular weight is 319 g/mol. The van der Waals surface area contributed by atoms with E-state index >= 15 is 0 Å². The topological polar surface area (TPSA) is 168 Å². The van der Waals surface area contributed by atoms with Crippen LogP contribution >= 0.6 is 0 Å². The zero-order valence-electron chi connectivity index (χ0n) is 13.0. The number of carboxylic acid groups (broad SMARTS) is 1. The molecule has 0 heterocycles. The van der Waals surface area contributed by atoms with E-state index in [0.29, 0.717) is 6.42 Å². The number of aliphatic carboxylic acids is 1. The molecule has 0 aliphatic rings. The third-order valence-electron chi connectivity index (χ3n) is 3.33. The van der Waals surface area contributed by atoms with Crippen molar-refractivity contribution in [2.24, 2.45) is 23.1 Å². The van der Waals surface area contributed by atoms with E-state index in [2.05, 4.69) is 4.74 Å². The standard InChI is InChI=1S/C13H25N3O6/c1-4-6(2)9(15)13(20)22-7(3)10(16)12(19)21-5-8(14)11(17)18/h6-10H,4-5,14-16H2,1-3H3,(H,17,18)/t6-,7+,8-,9-,10-/m0/s1. The Labute approximate surface area is 129 Å². The van der Waals surface area contributed by atoms with Gasteiger partial charge in [-0.15, -0.1) is 0 Å². The Morgan fingerprint density at radius 3 is 2.05 bits per heavy atom. The molecule has 0 saturated carbocycles. The Balaban J connectivity index is 4.41. The molecule has 5 atom stereocenters. The fraction of sp³-hybridized carbons (Fsp3) is 0.769. The summed E-state index contributed by atoms with van der Waals surface area (Å²) in [6.07, 6.45) is -0.262. The molecular formula is C13H25N3O6. The zero-order valence-corrected chi connectivity index (χ0v) is 13.0. The lowest BCUT2D eigenvalue weighted by Gasteiger charge is -2.23. The molecule has 0 saturated heterocycles. The number of rotatable bonds is 9. The van der Waals surface area contributed by atoms with Crippen LogP contribution in [-0.4, -0.2) is 53.9 Å². The van der Waals surface area contributed by atoms with Gasteiger partial charge in [-0.25, -0.2) is 0 Å². The van der Waals surface area contributed by atoms with Gasteiger partial charge in [0, 0.05) is 0 Å². The van der Waals surface area contributed by atoms with E-state index in [1.807, 2.05) is 6.92 Å². The van der Waals surface area contributed by atoms with Gasteiger partial charge in [0.25, 0.3) is 0 Å². The van der Waals surface area contributed by atoms with Gasteiger partial charge in [-0.05, 0) is 12.8 Å². The van der Waals surface area contributed by atoms with Gasteiger partial charge >= 0.3 is 17.9 Å². The summed E-state index contributed by atoms with van der Waals surface area (Å²) in [5, 5.41) is 8.57. The van der Waals surface area contributed by atoms with Gasteiger partial charge < -0.3 is 31.8 Å². The van der Waals surface area contributed by atoms with E-state index in [-0.39, 0.29) is 5.92 Å². The summed E-state index contributed by atoms with van der Waals surface area (Å²) in [5.74, 6) is -2.95. The highest BCUT2D eigenvalue weighted by molar-refractivity contribution is 5.79. The van der Waals surface area contributed by atoms with Crippen LogP contribution in [-0.2, 0) is 23.9 Å². The molecule has 9 nitrogen and oxygen atoms in total. The second-order valence-electron chi connectivity index (χ2n) is 5.15. The second-order valence-corrected chi connectivity index (χ2v) is 5.15. The van der Waals surface area contributed by atoms with Crippen molar-refractivity contribution in [3.05, 3.63) is 0 Å². The van der Waals surface area contributed by atoms with Gasteiger partial charge in [0.1, 0.15) is 30.8 Å². The van der Waals surface area contributed by atoms with Gasteiger partial charge in [-0.3, -0.25) is 14.4 Å². The maximum atomic E-state index is 11.8. The van der Waals surface area contributed by atoms with Crippen molar-refractivity contribution in [2.75, 3.05) is 6.61 Å². The first-order valence-corrected chi connectivity index (χ1v) is 6.98. The number of carboxylic acids is 1. The molecule has 0 spiro atoms. The van der Waals surface area contributed by atoms with Gasteiger partial charge in [-0.2, -0.15) is 0 Å². The first-order chi connectivity index (χ1) is 10.1. The number of hydrogen-bond donors (Lipinski definition) is 4. The summed E-state index contributed by atoms with van der Waals surface area (Å²) in [4.78, 5) is 33.9. The maximum Gasteiger partial charge on any atom is 0.326 e. The minimum absolute atomic E-state index is 0.0727. The minimum atomic E-state index is -1.34. The highest BCUT2D eigenvalue weighted by Gasteiger charge is 2.29. The Kier molecular flexibility index (Phi) is 8.61. The van der Waals surface area contributed by atoms with Crippen molar-refractivity contribution in [3.8, 4) is 0 Å². The Morgan fingerprint density at radius 2 is 1.59 bits per heavy atom. The number of hydrogen-bond acceptors (Lipinski definition) is 8. The molecule has 0 bridgehead atoms. The Hall–Kier alpha value is -1.71. The summed E-state index contributed by atoms with van der Waals surface area (Å²) in [5.41, 5.74) is 16.5. The van der Waals surface area contributed by atoms with Crippen molar-refractivity contribution in [1.29, 1.82) is 0 Å². The van der Waals surface area contributed by atoms with Crippen LogP contribution in [0, 0.1) is 5.92 Å². The van der Waals surface area contributed by atoms with Crippen LogP contribution in [0.1, 0.15) is 27.2 Å². The Morgan fingerprint density at radius 1 is 1.05 bits per heavy atom. The molecule has 0 amide bonds. The van der Waals surface area contributed by atoms with Crippen molar-refractivity contribution >= 4 is 17.9 Å². The van der Waals surface area contributed by atoms with Crippen LogP contribution in [0.15, 0.2) is 0 Å². The summed E-state index contributed by atoms with van der Waals surface area (Å²) in [6, 6.07) is -3.40. The molecule has 9 heteroatoms. The average Bonchev–Trinajstić information content (AvgIpc) is 2.49. The van der Waals surface area contributed by atoms with E-state index in [9.17, 15) is 14.4 Å². The molecule has 7 N–H and O–H groups in total. The van der Waals surface area contributed by atoms with Crippen LogP contribution in [0.25, 0.3) is 0 Å². The summed E-state index contributed by atoms with van der Waals surface area (Å²) in [6.45, 7) is 4.59. The molecule has 128 valence electrons. The van der Waals surface area contributed by atoms with Crippen molar-refractivity contribution in [1.82, 2.24) is 0 Å².